The van der Waals surface area contributed by atoms with E-state index in [4.69, 9.17) is 5.84 Å². The van der Waals surface area contributed by atoms with Gasteiger partial charge in [0.05, 0.1) is 5.52 Å². The Hall–Kier alpha value is -1.88. The molecule has 0 unspecified atom stereocenters. The van der Waals surface area contributed by atoms with Gasteiger partial charge in [-0.3, -0.25) is 5.43 Å². The van der Waals surface area contributed by atoms with Crippen LogP contribution in [0.2, 0.25) is 0 Å². The number of nitrogen functional groups attached to an aromatic ring is 1. The molecule has 0 atom stereocenters. The average Bonchev–Trinajstić information content (AvgIpc) is 2.38. The van der Waals surface area contributed by atoms with Crippen LogP contribution in [-0.4, -0.2) is 15.5 Å². The fourth-order valence-corrected chi connectivity index (χ4v) is 2.24. The van der Waals surface area contributed by atoms with Crippen LogP contribution in [0.3, 0.4) is 0 Å². The van der Waals surface area contributed by atoms with Crippen LogP contribution in [0.1, 0.15) is 33.6 Å². The number of fused-ring (bicyclic) bond motifs is 1. The molecule has 0 aliphatic carbocycles. The number of hydrogen-bond donors (Lipinski definition) is 3. The van der Waals surface area contributed by atoms with Crippen molar-refractivity contribution in [2.24, 2.45) is 5.84 Å². The number of nitrogens with zero attached hydrogens (tertiary/aromatic N) is 2. The number of para-hydroxylation sites is 1. The van der Waals surface area contributed by atoms with Crippen molar-refractivity contribution in [1.29, 1.82) is 0 Å². The molecule has 0 aliphatic rings. The SMILES string of the molecule is CCCC(C)(C)Nc1nc(NN)nc2ccccc12. The van der Waals surface area contributed by atoms with Gasteiger partial charge in [0.1, 0.15) is 5.82 Å². The van der Waals surface area contributed by atoms with Crippen molar-refractivity contribution >= 4 is 22.7 Å². The van der Waals surface area contributed by atoms with E-state index >= 15 is 0 Å². The van der Waals surface area contributed by atoms with Crippen LogP contribution in [0.25, 0.3) is 10.9 Å². The zero-order valence-corrected chi connectivity index (χ0v) is 11.7. The minimum atomic E-state index is -0.0161. The monoisotopic (exact) mass is 259 g/mol. The number of nitrogens with two attached hydrogens (primary N) is 1. The highest BCUT2D eigenvalue weighted by Crippen LogP contribution is 2.26. The summed E-state index contributed by atoms with van der Waals surface area (Å²) in [5.41, 5.74) is 3.37. The van der Waals surface area contributed by atoms with Crippen LogP contribution >= 0.6 is 0 Å². The van der Waals surface area contributed by atoms with Crippen molar-refractivity contribution in [3.05, 3.63) is 24.3 Å². The van der Waals surface area contributed by atoms with E-state index in [1.807, 2.05) is 24.3 Å². The summed E-state index contributed by atoms with van der Waals surface area (Å²) in [6.45, 7) is 6.51. The van der Waals surface area contributed by atoms with E-state index in [9.17, 15) is 0 Å². The van der Waals surface area contributed by atoms with Gasteiger partial charge in [-0.25, -0.2) is 10.8 Å². The van der Waals surface area contributed by atoms with E-state index in [1.54, 1.807) is 0 Å². The summed E-state index contributed by atoms with van der Waals surface area (Å²) in [5.74, 6) is 6.67. The first-order chi connectivity index (χ1) is 9.05. The molecule has 0 bridgehead atoms. The molecule has 5 nitrogen and oxygen atoms in total. The van der Waals surface area contributed by atoms with E-state index in [2.05, 4.69) is 41.5 Å². The number of nitrogens with one attached hydrogen (secondary N) is 2. The molecule has 2 rings (SSSR count). The Balaban J connectivity index is 2.46. The molecule has 4 N–H and O–H groups in total. The summed E-state index contributed by atoms with van der Waals surface area (Å²) in [5, 5.41) is 4.50. The summed E-state index contributed by atoms with van der Waals surface area (Å²) in [4.78, 5) is 8.77. The van der Waals surface area contributed by atoms with Gasteiger partial charge in [-0.15, -0.1) is 0 Å². The summed E-state index contributed by atoms with van der Waals surface area (Å²) >= 11 is 0. The number of rotatable bonds is 5. The van der Waals surface area contributed by atoms with E-state index in [1.165, 1.54) is 0 Å². The van der Waals surface area contributed by atoms with Gasteiger partial charge in [0.15, 0.2) is 0 Å². The largest absolute Gasteiger partial charge is 0.365 e. The van der Waals surface area contributed by atoms with Gasteiger partial charge in [0.25, 0.3) is 0 Å². The van der Waals surface area contributed by atoms with Crippen molar-refractivity contribution in [3.8, 4) is 0 Å². The highest BCUT2D eigenvalue weighted by atomic mass is 15.3. The quantitative estimate of drug-likeness (QED) is 0.568. The van der Waals surface area contributed by atoms with Crippen LogP contribution in [0.15, 0.2) is 24.3 Å². The Labute approximate surface area is 113 Å². The van der Waals surface area contributed by atoms with Gasteiger partial charge in [-0.1, -0.05) is 25.5 Å². The Morgan fingerprint density at radius 3 is 2.63 bits per heavy atom. The second-order valence-electron chi connectivity index (χ2n) is 5.32. The maximum absolute atomic E-state index is 5.43. The molecule has 1 aromatic carbocycles. The van der Waals surface area contributed by atoms with Crippen molar-refractivity contribution in [2.75, 3.05) is 10.7 Å². The number of hydrazine groups is 1. The fraction of sp³-hybridized carbons (Fsp3) is 0.429. The topological polar surface area (TPSA) is 75.9 Å². The lowest BCUT2D eigenvalue weighted by Crippen LogP contribution is -2.31. The lowest BCUT2D eigenvalue weighted by molar-refractivity contribution is 0.509. The molecule has 0 fully saturated rings. The minimum Gasteiger partial charge on any atom is -0.365 e. The fourth-order valence-electron chi connectivity index (χ4n) is 2.24. The Morgan fingerprint density at radius 2 is 1.95 bits per heavy atom. The first-order valence-corrected chi connectivity index (χ1v) is 6.57. The van der Waals surface area contributed by atoms with Crippen LogP contribution in [-0.2, 0) is 0 Å². The normalized spacial score (nSPS) is 11.6. The molecule has 19 heavy (non-hydrogen) atoms. The smallest absolute Gasteiger partial charge is 0.239 e. The molecule has 1 aromatic heterocycles. The molecule has 0 spiro atoms. The summed E-state index contributed by atoms with van der Waals surface area (Å²) in [6.07, 6.45) is 2.18. The van der Waals surface area contributed by atoms with Crippen LogP contribution in [0, 0.1) is 0 Å². The second-order valence-corrected chi connectivity index (χ2v) is 5.32. The van der Waals surface area contributed by atoms with Gasteiger partial charge in [-0.2, -0.15) is 4.98 Å². The highest BCUT2D eigenvalue weighted by Gasteiger charge is 2.18. The number of benzene rings is 1. The molecule has 0 amide bonds. The van der Waals surface area contributed by atoms with Gasteiger partial charge in [0.2, 0.25) is 5.95 Å². The van der Waals surface area contributed by atoms with Crippen molar-refractivity contribution in [1.82, 2.24) is 9.97 Å². The van der Waals surface area contributed by atoms with Gasteiger partial charge < -0.3 is 5.32 Å². The Kier molecular flexibility index (Phi) is 3.85. The molecule has 2 aromatic rings. The molecule has 0 aliphatic heterocycles. The van der Waals surface area contributed by atoms with Crippen molar-refractivity contribution < 1.29 is 0 Å². The third kappa shape index (κ3) is 3.12. The van der Waals surface area contributed by atoms with E-state index in [0.29, 0.717) is 5.95 Å². The maximum Gasteiger partial charge on any atom is 0.239 e. The van der Waals surface area contributed by atoms with E-state index < -0.39 is 0 Å². The number of anilines is 2. The average molecular weight is 259 g/mol. The van der Waals surface area contributed by atoms with Crippen LogP contribution < -0.4 is 16.6 Å². The third-order valence-electron chi connectivity index (χ3n) is 3.06. The van der Waals surface area contributed by atoms with Crippen LogP contribution in [0.5, 0.6) is 0 Å². The molecule has 5 heteroatoms. The molecule has 0 saturated carbocycles. The third-order valence-corrected chi connectivity index (χ3v) is 3.06. The minimum absolute atomic E-state index is 0.0161. The molecule has 102 valence electrons. The molecule has 0 radical (unpaired) electrons. The first kappa shape index (κ1) is 13.5. The number of hydrogen-bond acceptors (Lipinski definition) is 5. The maximum atomic E-state index is 5.43. The lowest BCUT2D eigenvalue weighted by atomic mass is 9.99. The second kappa shape index (κ2) is 5.40. The zero-order chi connectivity index (χ0) is 13.9. The predicted octanol–water partition coefficient (Wildman–Crippen LogP) is 2.91. The molecule has 0 saturated heterocycles. The predicted molar refractivity (Wildman–Crippen MR) is 80.0 cm³/mol. The van der Waals surface area contributed by atoms with Crippen molar-refractivity contribution in [3.63, 3.8) is 0 Å². The van der Waals surface area contributed by atoms with Crippen LogP contribution in [0.4, 0.5) is 11.8 Å². The van der Waals surface area contributed by atoms with Crippen molar-refractivity contribution in [2.45, 2.75) is 39.2 Å². The summed E-state index contributed by atoms with van der Waals surface area (Å²) in [7, 11) is 0. The van der Waals surface area contributed by atoms with Gasteiger partial charge in [0, 0.05) is 10.9 Å². The first-order valence-electron chi connectivity index (χ1n) is 6.57. The molecular formula is C14H21N5. The summed E-state index contributed by atoms with van der Waals surface area (Å²) in [6, 6.07) is 7.91. The Morgan fingerprint density at radius 1 is 1.21 bits per heavy atom. The van der Waals surface area contributed by atoms with Gasteiger partial charge >= 0.3 is 0 Å². The highest BCUT2D eigenvalue weighted by molar-refractivity contribution is 5.90. The molecular weight excluding hydrogens is 238 g/mol. The Bertz CT molecular complexity index is 565. The molecule has 1 heterocycles. The number of aromatic nitrogens is 2. The van der Waals surface area contributed by atoms with E-state index in [0.717, 1.165) is 29.6 Å². The lowest BCUT2D eigenvalue weighted by Gasteiger charge is -2.27. The van der Waals surface area contributed by atoms with Gasteiger partial charge in [-0.05, 0) is 32.4 Å². The summed E-state index contributed by atoms with van der Waals surface area (Å²) < 4.78 is 0. The zero-order valence-electron chi connectivity index (χ0n) is 11.7. The standard InChI is InChI=1S/C14H21N5/c1-4-9-14(2,3)18-12-10-7-5-6-8-11(10)16-13(17-12)19-15/h5-8H,4,9,15H2,1-3H3,(H2,16,17,18,19). The van der Waals surface area contributed by atoms with E-state index in [-0.39, 0.29) is 5.54 Å².